The smallest absolute Gasteiger partial charge is 0.123 e. The summed E-state index contributed by atoms with van der Waals surface area (Å²) in [5, 5.41) is 2.08. The molecule has 96 valence electrons. The van der Waals surface area contributed by atoms with Crippen molar-refractivity contribution < 1.29 is 9.47 Å². The number of hydrogen-bond acceptors (Lipinski definition) is 3. The number of benzene rings is 1. The van der Waals surface area contributed by atoms with Gasteiger partial charge in [0.2, 0.25) is 0 Å². The monoisotopic (exact) mass is 282 g/mol. The SMILES string of the molecule is COc1ccc(OCCc2cccs2)c(CCl)c1. The second kappa shape index (κ2) is 6.66. The number of hydrogen-bond donors (Lipinski definition) is 0. The van der Waals surface area contributed by atoms with Gasteiger partial charge in [-0.3, -0.25) is 0 Å². The van der Waals surface area contributed by atoms with Crippen LogP contribution in [0.1, 0.15) is 10.4 Å². The van der Waals surface area contributed by atoms with Gasteiger partial charge in [-0.25, -0.2) is 0 Å². The molecule has 2 rings (SSSR count). The molecular weight excluding hydrogens is 268 g/mol. The molecule has 1 aromatic carbocycles. The third kappa shape index (κ3) is 3.40. The highest BCUT2D eigenvalue weighted by atomic mass is 35.5. The lowest BCUT2D eigenvalue weighted by Gasteiger charge is -2.11. The van der Waals surface area contributed by atoms with Crippen LogP contribution in [0.25, 0.3) is 0 Å². The Labute approximate surface area is 116 Å². The fourth-order valence-electron chi connectivity index (χ4n) is 1.64. The van der Waals surface area contributed by atoms with Crippen LogP contribution in [0.5, 0.6) is 11.5 Å². The Kier molecular flexibility index (Phi) is 4.90. The summed E-state index contributed by atoms with van der Waals surface area (Å²) in [6.07, 6.45) is 0.922. The van der Waals surface area contributed by atoms with Crippen LogP contribution in [-0.4, -0.2) is 13.7 Å². The predicted octanol–water partition coefficient (Wildman–Crippen LogP) is 4.12. The average Bonchev–Trinajstić information content (AvgIpc) is 2.92. The Morgan fingerprint density at radius 2 is 2.17 bits per heavy atom. The fourth-order valence-corrected chi connectivity index (χ4v) is 2.54. The Balaban J connectivity index is 1.96. The number of methoxy groups -OCH3 is 1. The summed E-state index contributed by atoms with van der Waals surface area (Å²) in [5.74, 6) is 2.06. The molecule has 1 aromatic heterocycles. The quantitative estimate of drug-likeness (QED) is 0.742. The van der Waals surface area contributed by atoms with Gasteiger partial charge in [-0.2, -0.15) is 0 Å². The predicted molar refractivity (Wildman–Crippen MR) is 76.1 cm³/mol. The maximum absolute atomic E-state index is 5.91. The summed E-state index contributed by atoms with van der Waals surface area (Å²) in [4.78, 5) is 1.33. The summed E-state index contributed by atoms with van der Waals surface area (Å²) < 4.78 is 10.9. The summed E-state index contributed by atoms with van der Waals surface area (Å²) in [6, 6.07) is 9.87. The van der Waals surface area contributed by atoms with Crippen LogP contribution in [-0.2, 0) is 12.3 Å². The van der Waals surface area contributed by atoms with E-state index in [1.165, 1.54) is 4.88 Å². The van der Waals surface area contributed by atoms with E-state index >= 15 is 0 Å². The van der Waals surface area contributed by atoms with Gasteiger partial charge in [0.15, 0.2) is 0 Å². The van der Waals surface area contributed by atoms with Crippen LogP contribution in [0.3, 0.4) is 0 Å². The lowest BCUT2D eigenvalue weighted by Crippen LogP contribution is -2.02. The second-order valence-corrected chi connectivity index (χ2v) is 5.08. The van der Waals surface area contributed by atoms with Crippen molar-refractivity contribution in [1.29, 1.82) is 0 Å². The van der Waals surface area contributed by atoms with Gasteiger partial charge in [0.1, 0.15) is 11.5 Å². The highest BCUT2D eigenvalue weighted by Gasteiger charge is 2.05. The third-order valence-electron chi connectivity index (χ3n) is 2.60. The summed E-state index contributed by atoms with van der Waals surface area (Å²) in [6.45, 7) is 0.663. The van der Waals surface area contributed by atoms with Crippen LogP contribution < -0.4 is 9.47 Å². The largest absolute Gasteiger partial charge is 0.497 e. The van der Waals surface area contributed by atoms with Gasteiger partial charge in [0.05, 0.1) is 19.6 Å². The Hall–Kier alpha value is -1.19. The number of thiophene rings is 1. The number of halogens is 1. The molecule has 0 fully saturated rings. The van der Waals surface area contributed by atoms with Gasteiger partial charge in [-0.15, -0.1) is 22.9 Å². The maximum Gasteiger partial charge on any atom is 0.123 e. The van der Waals surface area contributed by atoms with Crippen molar-refractivity contribution in [2.45, 2.75) is 12.3 Å². The summed E-state index contributed by atoms with van der Waals surface area (Å²) in [7, 11) is 1.64. The van der Waals surface area contributed by atoms with E-state index in [9.17, 15) is 0 Å². The molecule has 0 N–H and O–H groups in total. The molecule has 0 bridgehead atoms. The molecule has 18 heavy (non-hydrogen) atoms. The number of rotatable bonds is 6. The van der Waals surface area contributed by atoms with Crippen LogP contribution in [0.2, 0.25) is 0 Å². The first-order valence-electron chi connectivity index (χ1n) is 5.71. The van der Waals surface area contributed by atoms with E-state index in [0.29, 0.717) is 12.5 Å². The average molecular weight is 283 g/mol. The first kappa shape index (κ1) is 13.2. The second-order valence-electron chi connectivity index (χ2n) is 3.79. The van der Waals surface area contributed by atoms with Gasteiger partial charge in [0.25, 0.3) is 0 Å². The van der Waals surface area contributed by atoms with Crippen LogP contribution in [0.4, 0.5) is 0 Å². The van der Waals surface area contributed by atoms with E-state index in [4.69, 9.17) is 21.1 Å². The molecule has 0 aliphatic rings. The normalized spacial score (nSPS) is 10.3. The molecule has 0 amide bonds. The highest BCUT2D eigenvalue weighted by Crippen LogP contribution is 2.25. The van der Waals surface area contributed by atoms with E-state index < -0.39 is 0 Å². The van der Waals surface area contributed by atoms with E-state index in [2.05, 4.69) is 17.5 Å². The maximum atomic E-state index is 5.91. The third-order valence-corrected chi connectivity index (χ3v) is 3.82. The van der Waals surface area contributed by atoms with Crippen LogP contribution in [0.15, 0.2) is 35.7 Å². The molecule has 0 radical (unpaired) electrons. The Morgan fingerprint density at radius 3 is 2.83 bits per heavy atom. The number of ether oxygens (including phenoxy) is 2. The van der Waals surface area contributed by atoms with Gasteiger partial charge >= 0.3 is 0 Å². The highest BCUT2D eigenvalue weighted by molar-refractivity contribution is 7.09. The van der Waals surface area contributed by atoms with Crippen molar-refractivity contribution in [3.8, 4) is 11.5 Å². The zero-order valence-corrected chi connectivity index (χ0v) is 11.8. The molecule has 2 aromatic rings. The van der Waals surface area contributed by atoms with Gasteiger partial charge < -0.3 is 9.47 Å². The Bertz CT molecular complexity index is 483. The molecule has 2 nitrogen and oxygen atoms in total. The van der Waals surface area contributed by atoms with Crippen molar-refractivity contribution >= 4 is 22.9 Å². The van der Waals surface area contributed by atoms with Crippen LogP contribution in [0, 0.1) is 0 Å². The molecule has 0 saturated heterocycles. The molecule has 0 aliphatic heterocycles. The molecule has 0 unspecified atom stereocenters. The van der Waals surface area contributed by atoms with E-state index in [1.807, 2.05) is 18.2 Å². The fraction of sp³-hybridized carbons (Fsp3) is 0.286. The van der Waals surface area contributed by atoms with Crippen LogP contribution >= 0.6 is 22.9 Å². The lowest BCUT2D eigenvalue weighted by molar-refractivity contribution is 0.319. The molecule has 4 heteroatoms. The summed E-state index contributed by atoms with van der Waals surface area (Å²) >= 11 is 7.65. The minimum absolute atomic E-state index is 0.422. The summed E-state index contributed by atoms with van der Waals surface area (Å²) in [5.41, 5.74) is 0.960. The van der Waals surface area contributed by atoms with E-state index in [1.54, 1.807) is 18.4 Å². The van der Waals surface area contributed by atoms with Gasteiger partial charge in [0, 0.05) is 16.9 Å². The first-order valence-corrected chi connectivity index (χ1v) is 7.13. The zero-order valence-electron chi connectivity index (χ0n) is 10.2. The molecular formula is C14H15ClO2S. The first-order chi connectivity index (χ1) is 8.83. The molecule has 0 aliphatic carbocycles. The van der Waals surface area contributed by atoms with Crippen molar-refractivity contribution in [2.24, 2.45) is 0 Å². The van der Waals surface area contributed by atoms with Crippen molar-refractivity contribution in [3.05, 3.63) is 46.2 Å². The topological polar surface area (TPSA) is 18.5 Å². The van der Waals surface area contributed by atoms with E-state index in [0.717, 1.165) is 23.5 Å². The van der Waals surface area contributed by atoms with Crippen molar-refractivity contribution in [3.63, 3.8) is 0 Å². The Morgan fingerprint density at radius 1 is 1.28 bits per heavy atom. The molecule has 0 saturated carbocycles. The van der Waals surface area contributed by atoms with E-state index in [-0.39, 0.29) is 0 Å². The molecule has 0 atom stereocenters. The van der Waals surface area contributed by atoms with Gasteiger partial charge in [-0.05, 0) is 29.6 Å². The standard InChI is InChI=1S/C14H15ClO2S/c1-16-12-4-5-14(11(9-12)10-15)17-7-6-13-3-2-8-18-13/h2-5,8-9H,6-7,10H2,1H3. The minimum Gasteiger partial charge on any atom is -0.497 e. The van der Waals surface area contributed by atoms with Crippen molar-refractivity contribution in [2.75, 3.05) is 13.7 Å². The van der Waals surface area contributed by atoms with Gasteiger partial charge in [-0.1, -0.05) is 6.07 Å². The molecule has 1 heterocycles. The van der Waals surface area contributed by atoms with Crippen molar-refractivity contribution in [1.82, 2.24) is 0 Å². The number of alkyl halides is 1. The molecule has 0 spiro atoms. The zero-order chi connectivity index (χ0) is 12.8. The lowest BCUT2D eigenvalue weighted by atomic mass is 10.2. The minimum atomic E-state index is 0.422.